The van der Waals surface area contributed by atoms with E-state index in [1.165, 1.54) is 25.1 Å². The quantitative estimate of drug-likeness (QED) is 0.228. The smallest absolute Gasteiger partial charge is 0.213 e. The highest BCUT2D eigenvalue weighted by Gasteiger charge is 2.32. The number of ether oxygens (including phenoxy) is 1. The van der Waals surface area contributed by atoms with Gasteiger partial charge in [0.25, 0.3) is 0 Å². The maximum absolute atomic E-state index is 12.7. The third kappa shape index (κ3) is 11.2. The first-order valence-electron chi connectivity index (χ1n) is 12.8. The lowest BCUT2D eigenvalue weighted by atomic mass is 9.67. The fraction of sp³-hybridized carbons (Fsp3) is 0.438. The van der Waals surface area contributed by atoms with Gasteiger partial charge < -0.3 is 4.74 Å². The molecule has 1 saturated carbocycles. The summed E-state index contributed by atoms with van der Waals surface area (Å²) in [5.74, 6) is 3.12. The summed E-state index contributed by atoms with van der Waals surface area (Å²) in [6.45, 7) is 27.2. The van der Waals surface area contributed by atoms with Crippen LogP contribution in [0.25, 0.3) is 0 Å². The molecule has 0 aromatic carbocycles. The third-order valence-corrected chi connectivity index (χ3v) is 6.64. The molecule has 3 nitrogen and oxygen atoms in total. The lowest BCUT2D eigenvalue weighted by Crippen LogP contribution is -2.32. The lowest BCUT2D eigenvalue weighted by Gasteiger charge is -2.39. The van der Waals surface area contributed by atoms with Gasteiger partial charge in [0.05, 0.1) is 18.5 Å². The predicted octanol–water partition coefficient (Wildman–Crippen LogP) is 9.09. The van der Waals surface area contributed by atoms with Crippen LogP contribution in [0.15, 0.2) is 95.4 Å². The van der Waals surface area contributed by atoms with E-state index in [1.54, 1.807) is 12.3 Å². The van der Waals surface area contributed by atoms with E-state index >= 15 is 0 Å². The number of nitrogens with zero attached hydrogens (tertiary/aromatic N) is 2. The average Bonchev–Trinajstić information content (AvgIpc) is 2.81. The van der Waals surface area contributed by atoms with Gasteiger partial charge in [-0.05, 0) is 81.9 Å². The number of allylic oxidation sites excluding steroid dienone is 7. The van der Waals surface area contributed by atoms with Crippen LogP contribution >= 0.6 is 0 Å². The van der Waals surface area contributed by atoms with Crippen LogP contribution in [0.1, 0.15) is 61.3 Å². The second-order valence-electron chi connectivity index (χ2n) is 10.0. The zero-order valence-corrected chi connectivity index (χ0v) is 23.4. The highest BCUT2D eigenvalue weighted by Crippen LogP contribution is 2.41. The molecule has 0 aliphatic heterocycles. The maximum atomic E-state index is 12.7. The topological polar surface area (TPSA) is 34.5 Å². The van der Waals surface area contributed by atoms with Gasteiger partial charge >= 0.3 is 0 Å². The largest absolute Gasteiger partial charge is 0.477 e. The molecule has 1 aliphatic rings. The summed E-state index contributed by atoms with van der Waals surface area (Å²) in [6.07, 6.45) is 13.4. The summed E-state index contributed by atoms with van der Waals surface area (Å²) < 4.78 is 18.3. The first-order valence-corrected chi connectivity index (χ1v) is 12.8. The minimum atomic E-state index is -0.327. The molecule has 2 atom stereocenters. The summed E-state index contributed by atoms with van der Waals surface area (Å²) in [5.41, 5.74) is 4.82. The average molecular weight is 493 g/mol. The molecular formula is C32H45FN2O. The highest BCUT2D eigenvalue weighted by molar-refractivity contribution is 5.73. The zero-order chi connectivity index (χ0) is 27.3. The van der Waals surface area contributed by atoms with Crippen LogP contribution < -0.4 is 4.74 Å². The van der Waals surface area contributed by atoms with E-state index in [9.17, 15) is 4.39 Å². The Morgan fingerprint density at radius 1 is 1.17 bits per heavy atom. The van der Waals surface area contributed by atoms with Crippen LogP contribution in [0.3, 0.4) is 0 Å². The normalized spacial score (nSPS) is 19.8. The fourth-order valence-corrected chi connectivity index (χ4v) is 3.86. The standard InChI is InChI=1S/C17H23N.C15H22FNO/c1-8-9-12-18-16(7)17(11-10-13(2)3)15(6)14(4)5;1-10-6-13(7-10)12(3)11(2)9-18-15-5-4-14(16)8-17-15/h8-12H,2,4,7H2,1,3,5-6H3;4-5,8,10-13H,6-7,9H2,1-3H3/b9-8-,11-10-,17-15-,18-12?;/t;10?,11-,12-,13?/m.0/s1. The van der Waals surface area contributed by atoms with Crippen LogP contribution in [0.2, 0.25) is 0 Å². The molecule has 2 rings (SSSR count). The van der Waals surface area contributed by atoms with Crippen molar-refractivity contribution in [1.29, 1.82) is 0 Å². The molecule has 1 aliphatic carbocycles. The zero-order valence-electron chi connectivity index (χ0n) is 23.4. The first-order chi connectivity index (χ1) is 17.0. The second-order valence-corrected chi connectivity index (χ2v) is 10.0. The van der Waals surface area contributed by atoms with E-state index in [2.05, 4.69) is 50.5 Å². The molecule has 4 heteroatoms. The second kappa shape index (κ2) is 15.9. The van der Waals surface area contributed by atoms with Gasteiger partial charge in [0, 0.05) is 17.9 Å². The van der Waals surface area contributed by atoms with Gasteiger partial charge in [-0.15, -0.1) is 0 Å². The number of pyridine rings is 1. The van der Waals surface area contributed by atoms with Gasteiger partial charge in [0.15, 0.2) is 0 Å². The van der Waals surface area contributed by atoms with Crippen molar-refractivity contribution in [3.63, 3.8) is 0 Å². The predicted molar refractivity (Wildman–Crippen MR) is 154 cm³/mol. The summed E-state index contributed by atoms with van der Waals surface area (Å²) in [7, 11) is 0. The molecule has 0 N–H and O–H groups in total. The van der Waals surface area contributed by atoms with E-state index in [-0.39, 0.29) is 5.82 Å². The Balaban J connectivity index is 0.000000360. The Morgan fingerprint density at radius 2 is 1.83 bits per heavy atom. The van der Waals surface area contributed by atoms with Gasteiger partial charge in [0.2, 0.25) is 5.88 Å². The van der Waals surface area contributed by atoms with Crippen molar-refractivity contribution in [2.24, 2.45) is 28.7 Å². The number of halogens is 1. The van der Waals surface area contributed by atoms with Crippen molar-refractivity contribution in [2.75, 3.05) is 6.61 Å². The van der Waals surface area contributed by atoms with Crippen molar-refractivity contribution in [1.82, 2.24) is 4.98 Å². The lowest BCUT2D eigenvalue weighted by molar-refractivity contribution is 0.0870. The molecule has 1 aromatic rings. The summed E-state index contributed by atoms with van der Waals surface area (Å²) in [6, 6.07) is 2.96. The summed E-state index contributed by atoms with van der Waals surface area (Å²) in [4.78, 5) is 8.21. The van der Waals surface area contributed by atoms with Crippen LogP contribution in [0.5, 0.6) is 5.88 Å². The van der Waals surface area contributed by atoms with E-state index in [0.29, 0.717) is 24.3 Å². The van der Waals surface area contributed by atoms with Crippen molar-refractivity contribution < 1.29 is 9.13 Å². The molecule has 0 amide bonds. The minimum Gasteiger partial charge on any atom is -0.477 e. The molecule has 0 bridgehead atoms. The molecule has 1 heterocycles. The van der Waals surface area contributed by atoms with Crippen LogP contribution in [0.4, 0.5) is 4.39 Å². The van der Waals surface area contributed by atoms with Gasteiger partial charge in [-0.25, -0.2) is 9.37 Å². The van der Waals surface area contributed by atoms with E-state index in [0.717, 1.165) is 39.8 Å². The Kier molecular flexibility index (Phi) is 13.7. The molecule has 0 unspecified atom stereocenters. The number of aromatic nitrogens is 1. The van der Waals surface area contributed by atoms with E-state index in [1.807, 2.05) is 52.0 Å². The molecule has 1 aromatic heterocycles. The van der Waals surface area contributed by atoms with Crippen molar-refractivity contribution in [3.8, 4) is 5.88 Å². The first kappa shape index (κ1) is 31.0. The number of hydrogen-bond acceptors (Lipinski definition) is 3. The monoisotopic (exact) mass is 492 g/mol. The van der Waals surface area contributed by atoms with Crippen molar-refractivity contribution >= 4 is 6.21 Å². The van der Waals surface area contributed by atoms with Gasteiger partial charge in [-0.1, -0.05) is 69.9 Å². The summed E-state index contributed by atoms with van der Waals surface area (Å²) in [5, 5.41) is 0. The fourth-order valence-electron chi connectivity index (χ4n) is 3.86. The third-order valence-electron chi connectivity index (χ3n) is 6.64. The Morgan fingerprint density at radius 3 is 2.33 bits per heavy atom. The molecule has 0 spiro atoms. The summed E-state index contributed by atoms with van der Waals surface area (Å²) >= 11 is 0. The van der Waals surface area contributed by atoms with Crippen LogP contribution in [-0.4, -0.2) is 17.8 Å². The number of aliphatic imine (C=N–C) groups is 1. The van der Waals surface area contributed by atoms with Crippen LogP contribution in [0, 0.1) is 29.5 Å². The molecule has 36 heavy (non-hydrogen) atoms. The van der Waals surface area contributed by atoms with E-state index < -0.39 is 0 Å². The van der Waals surface area contributed by atoms with Gasteiger partial charge in [0.1, 0.15) is 5.82 Å². The van der Waals surface area contributed by atoms with Crippen molar-refractivity contribution in [2.45, 2.75) is 61.3 Å². The molecule has 196 valence electrons. The molecule has 1 fully saturated rings. The van der Waals surface area contributed by atoms with Crippen LogP contribution in [-0.2, 0) is 0 Å². The SMILES string of the molecule is C=C(C)/C=C\C(C(=C)N=C/C=C\C)=C(/C)C(=C)C.CC1CC([C@@H](C)[C@@H](C)COc2ccc(F)cn2)C1. The van der Waals surface area contributed by atoms with Gasteiger partial charge in [-0.3, -0.25) is 4.99 Å². The highest BCUT2D eigenvalue weighted by atomic mass is 19.1. The Bertz CT molecular complexity index is 991. The maximum Gasteiger partial charge on any atom is 0.213 e. The van der Waals surface area contributed by atoms with Gasteiger partial charge in [-0.2, -0.15) is 0 Å². The molecule has 0 saturated heterocycles. The van der Waals surface area contributed by atoms with Crippen molar-refractivity contribution in [3.05, 3.63) is 96.2 Å². The Labute approximate surface area is 219 Å². The molecular weight excluding hydrogens is 447 g/mol. The number of rotatable bonds is 11. The van der Waals surface area contributed by atoms with E-state index in [4.69, 9.17) is 4.74 Å². The number of hydrogen-bond donors (Lipinski definition) is 0. The minimum absolute atomic E-state index is 0.327. The Hall–Kier alpha value is -3.01. The molecule has 0 radical (unpaired) electrons.